The predicted molar refractivity (Wildman–Crippen MR) is 127 cm³/mol. The van der Waals surface area contributed by atoms with Gasteiger partial charge in [0, 0.05) is 29.5 Å². The van der Waals surface area contributed by atoms with Crippen LogP contribution in [-0.2, 0) is 0 Å². The highest BCUT2D eigenvalue weighted by Crippen LogP contribution is 2.43. The van der Waals surface area contributed by atoms with E-state index in [-0.39, 0.29) is 17.9 Å². The monoisotopic (exact) mass is 443 g/mol. The molecule has 32 heavy (non-hydrogen) atoms. The molecule has 5 nitrogen and oxygen atoms in total. The molecule has 7 heteroatoms. The summed E-state index contributed by atoms with van der Waals surface area (Å²) in [5.41, 5.74) is 5.39. The van der Waals surface area contributed by atoms with E-state index in [4.69, 9.17) is 12.2 Å². The molecule has 0 spiro atoms. The Hall–Kier alpha value is -3.58. The van der Waals surface area contributed by atoms with Crippen LogP contribution in [0.2, 0.25) is 0 Å². The molecule has 0 radical (unpaired) electrons. The summed E-state index contributed by atoms with van der Waals surface area (Å²) in [6, 6.07) is 18.7. The van der Waals surface area contributed by atoms with E-state index in [0.717, 1.165) is 28.5 Å². The van der Waals surface area contributed by atoms with Crippen molar-refractivity contribution in [3.05, 3.63) is 108 Å². The van der Waals surface area contributed by atoms with Gasteiger partial charge < -0.3 is 14.8 Å². The lowest BCUT2D eigenvalue weighted by Crippen LogP contribution is -2.30. The van der Waals surface area contributed by atoms with Gasteiger partial charge in [0.25, 0.3) is 0 Å². The SMILES string of the molecule is Cc1cc(N2C(=S)NC(c3ccccn3)C2c2ccc(C)n2-c2cccnc2)ccc1F. The molecule has 0 bridgehead atoms. The smallest absolute Gasteiger partial charge is 0.174 e. The van der Waals surface area contributed by atoms with E-state index in [1.807, 2.05) is 42.6 Å². The zero-order chi connectivity index (χ0) is 22.2. The standard InChI is InChI=1S/C25H22FN5S/c1-16-14-18(9-10-20(16)26)31-24(23(29-25(31)32)21-7-3-4-13-28-21)22-11-8-17(2)30(22)19-6-5-12-27-15-19/h3-15,23-24H,1-2H3,(H,29,32). The van der Waals surface area contributed by atoms with E-state index in [1.54, 1.807) is 25.4 Å². The molecule has 0 aliphatic carbocycles. The van der Waals surface area contributed by atoms with Gasteiger partial charge in [0.05, 0.1) is 23.6 Å². The number of benzene rings is 1. The van der Waals surface area contributed by atoms with Crippen LogP contribution in [0, 0.1) is 19.7 Å². The van der Waals surface area contributed by atoms with Crippen molar-refractivity contribution in [2.75, 3.05) is 4.90 Å². The van der Waals surface area contributed by atoms with Crippen molar-refractivity contribution in [2.45, 2.75) is 25.9 Å². The van der Waals surface area contributed by atoms with E-state index in [9.17, 15) is 4.39 Å². The van der Waals surface area contributed by atoms with Gasteiger partial charge in [-0.2, -0.15) is 0 Å². The summed E-state index contributed by atoms with van der Waals surface area (Å²) in [4.78, 5) is 11.0. The second kappa shape index (κ2) is 8.16. The van der Waals surface area contributed by atoms with Crippen LogP contribution < -0.4 is 10.2 Å². The molecule has 4 aromatic rings. The molecule has 1 fully saturated rings. The Balaban J connectivity index is 1.71. The topological polar surface area (TPSA) is 46.0 Å². The van der Waals surface area contributed by atoms with E-state index >= 15 is 0 Å². The molecular formula is C25H22FN5S. The van der Waals surface area contributed by atoms with Gasteiger partial charge in [-0.15, -0.1) is 0 Å². The van der Waals surface area contributed by atoms with Crippen molar-refractivity contribution in [1.82, 2.24) is 19.9 Å². The quantitative estimate of drug-likeness (QED) is 0.439. The highest BCUT2D eigenvalue weighted by molar-refractivity contribution is 7.80. The Morgan fingerprint density at radius 3 is 2.56 bits per heavy atom. The third-order valence-corrected chi connectivity index (χ3v) is 6.15. The van der Waals surface area contributed by atoms with Crippen LogP contribution in [-0.4, -0.2) is 19.6 Å². The average Bonchev–Trinajstić information content (AvgIpc) is 3.36. The third kappa shape index (κ3) is 3.44. The highest BCUT2D eigenvalue weighted by Gasteiger charge is 2.42. The minimum atomic E-state index is -0.237. The zero-order valence-corrected chi connectivity index (χ0v) is 18.6. The first-order chi connectivity index (χ1) is 15.5. The first kappa shape index (κ1) is 20.3. The summed E-state index contributed by atoms with van der Waals surface area (Å²) in [6.07, 6.45) is 5.39. The lowest BCUT2D eigenvalue weighted by Gasteiger charge is -2.29. The fourth-order valence-corrected chi connectivity index (χ4v) is 4.69. The van der Waals surface area contributed by atoms with Crippen LogP contribution in [0.5, 0.6) is 0 Å². The largest absolute Gasteiger partial charge is 0.351 e. The number of rotatable bonds is 4. The van der Waals surface area contributed by atoms with E-state index < -0.39 is 0 Å². The maximum absolute atomic E-state index is 14.0. The number of aryl methyl sites for hydroxylation is 2. The minimum Gasteiger partial charge on any atom is -0.351 e. The van der Waals surface area contributed by atoms with Gasteiger partial charge in [-0.3, -0.25) is 9.97 Å². The molecule has 1 N–H and O–H groups in total. The Morgan fingerprint density at radius 1 is 0.969 bits per heavy atom. The van der Waals surface area contributed by atoms with Gasteiger partial charge in [0.1, 0.15) is 11.9 Å². The summed E-state index contributed by atoms with van der Waals surface area (Å²) >= 11 is 5.79. The molecular weight excluding hydrogens is 421 g/mol. The van der Waals surface area contributed by atoms with Crippen LogP contribution >= 0.6 is 12.2 Å². The van der Waals surface area contributed by atoms with Crippen molar-refractivity contribution >= 4 is 23.0 Å². The molecule has 4 heterocycles. The van der Waals surface area contributed by atoms with Gasteiger partial charge >= 0.3 is 0 Å². The first-order valence-electron chi connectivity index (χ1n) is 10.4. The number of anilines is 1. The Morgan fingerprint density at radius 2 is 1.84 bits per heavy atom. The van der Waals surface area contributed by atoms with Gasteiger partial charge in [0.2, 0.25) is 0 Å². The number of thiocarbonyl (C=S) groups is 1. The second-order valence-corrected chi connectivity index (χ2v) is 8.26. The normalized spacial score (nSPS) is 18.1. The fourth-order valence-electron chi connectivity index (χ4n) is 4.34. The Bertz CT molecular complexity index is 1270. The predicted octanol–water partition coefficient (Wildman–Crippen LogP) is 5.20. The van der Waals surface area contributed by atoms with Crippen LogP contribution in [0.3, 0.4) is 0 Å². The van der Waals surface area contributed by atoms with Crippen LogP contribution in [0.4, 0.5) is 10.1 Å². The molecule has 1 aromatic carbocycles. The summed E-state index contributed by atoms with van der Waals surface area (Å²) in [6.45, 7) is 3.83. The molecule has 160 valence electrons. The summed E-state index contributed by atoms with van der Waals surface area (Å²) in [7, 11) is 0. The zero-order valence-electron chi connectivity index (χ0n) is 17.7. The van der Waals surface area contributed by atoms with Crippen LogP contribution in [0.15, 0.2) is 79.3 Å². The lowest BCUT2D eigenvalue weighted by atomic mass is 10.0. The van der Waals surface area contributed by atoms with Crippen LogP contribution in [0.1, 0.15) is 34.7 Å². The Kier molecular flexibility index (Phi) is 5.19. The highest BCUT2D eigenvalue weighted by atomic mass is 32.1. The molecule has 3 aromatic heterocycles. The van der Waals surface area contributed by atoms with Crippen molar-refractivity contribution < 1.29 is 4.39 Å². The summed E-state index contributed by atoms with van der Waals surface area (Å²) in [5, 5.41) is 4.04. The number of hydrogen-bond acceptors (Lipinski definition) is 3. The maximum atomic E-state index is 14.0. The second-order valence-electron chi connectivity index (χ2n) is 7.88. The van der Waals surface area contributed by atoms with Gasteiger partial charge in [-0.05, 0) is 86.2 Å². The van der Waals surface area contributed by atoms with Crippen LogP contribution in [0.25, 0.3) is 5.69 Å². The number of hydrogen-bond donors (Lipinski definition) is 1. The number of pyridine rings is 2. The summed E-state index contributed by atoms with van der Waals surface area (Å²) < 4.78 is 16.2. The molecule has 1 aliphatic heterocycles. The first-order valence-corrected chi connectivity index (χ1v) is 10.8. The van der Waals surface area contributed by atoms with Gasteiger partial charge in [0.15, 0.2) is 5.11 Å². The molecule has 1 aliphatic rings. The van der Waals surface area contributed by atoms with Gasteiger partial charge in [-0.1, -0.05) is 6.07 Å². The number of nitrogens with one attached hydrogen (secondary N) is 1. The third-order valence-electron chi connectivity index (χ3n) is 5.83. The van der Waals surface area contributed by atoms with E-state index in [1.165, 1.54) is 6.07 Å². The maximum Gasteiger partial charge on any atom is 0.174 e. The van der Waals surface area contributed by atoms with Crippen molar-refractivity contribution in [1.29, 1.82) is 0 Å². The molecule has 2 unspecified atom stereocenters. The van der Waals surface area contributed by atoms with E-state index in [2.05, 4.69) is 43.8 Å². The fraction of sp³-hybridized carbons (Fsp3) is 0.160. The number of nitrogens with zero attached hydrogens (tertiary/aromatic N) is 4. The van der Waals surface area contributed by atoms with E-state index in [0.29, 0.717) is 10.7 Å². The van der Waals surface area contributed by atoms with Crippen molar-refractivity contribution in [3.8, 4) is 5.69 Å². The van der Waals surface area contributed by atoms with Gasteiger partial charge in [-0.25, -0.2) is 4.39 Å². The molecule has 5 rings (SSSR count). The number of halogens is 1. The minimum absolute atomic E-state index is 0.182. The van der Waals surface area contributed by atoms with Crippen molar-refractivity contribution in [2.24, 2.45) is 0 Å². The average molecular weight is 444 g/mol. The Labute approximate surface area is 191 Å². The molecule has 2 atom stereocenters. The molecule has 1 saturated heterocycles. The molecule has 0 saturated carbocycles. The summed E-state index contributed by atoms with van der Waals surface area (Å²) in [5.74, 6) is -0.237. The lowest BCUT2D eigenvalue weighted by molar-refractivity contribution is 0.547. The number of aromatic nitrogens is 3. The molecule has 0 amide bonds. The van der Waals surface area contributed by atoms with Crippen molar-refractivity contribution in [3.63, 3.8) is 0 Å².